The van der Waals surface area contributed by atoms with Crippen LogP contribution in [0.25, 0.3) is 16.5 Å². The lowest BCUT2D eigenvalue weighted by molar-refractivity contribution is -0.140. The summed E-state index contributed by atoms with van der Waals surface area (Å²) in [6, 6.07) is 9.19. The second kappa shape index (κ2) is 9.22. The maximum Gasteiger partial charge on any atom is 0.305 e. The minimum atomic E-state index is -0.246. The lowest BCUT2D eigenvalue weighted by Crippen LogP contribution is -2.09. The second-order valence-corrected chi connectivity index (χ2v) is 7.43. The summed E-state index contributed by atoms with van der Waals surface area (Å²) in [5.41, 5.74) is 3.74. The van der Waals surface area contributed by atoms with Gasteiger partial charge in [0.1, 0.15) is 5.75 Å². The van der Waals surface area contributed by atoms with Gasteiger partial charge in [-0.1, -0.05) is 17.7 Å². The molecule has 0 bridgehead atoms. The summed E-state index contributed by atoms with van der Waals surface area (Å²) < 4.78 is 17.0. The number of aryl methyl sites for hydroxylation is 2. The van der Waals surface area contributed by atoms with Gasteiger partial charge in [0.05, 0.1) is 19.6 Å². The first kappa shape index (κ1) is 21.7. The molecule has 0 atom stereocenters. The molecule has 7 heteroatoms. The van der Waals surface area contributed by atoms with Crippen molar-refractivity contribution in [3.63, 3.8) is 0 Å². The van der Waals surface area contributed by atoms with E-state index in [4.69, 9.17) is 25.6 Å². The van der Waals surface area contributed by atoms with Crippen LogP contribution < -0.4 is 10.3 Å². The number of carbonyl (C=O) groups excluding carboxylic acids is 1. The molecule has 0 saturated carbocycles. The first-order valence-corrected chi connectivity index (χ1v) is 9.95. The van der Waals surface area contributed by atoms with Gasteiger partial charge in [0, 0.05) is 24.1 Å². The standard InChI is InChI=1S/C23H24ClNO5/c1-14-11-15(12-19-22(14)30-25(2)23(19)27)17(7-5-6-8-21(26)29-4)18-13-16(24)9-10-20(18)28-3/h7,9-13H,5-6,8H2,1-4H3. The molecule has 0 aliphatic rings. The highest BCUT2D eigenvalue weighted by atomic mass is 35.5. The Morgan fingerprint density at radius 3 is 2.70 bits per heavy atom. The van der Waals surface area contributed by atoms with E-state index in [1.807, 2.05) is 37.3 Å². The molecule has 0 saturated heterocycles. The zero-order valence-corrected chi connectivity index (χ0v) is 18.2. The van der Waals surface area contributed by atoms with E-state index in [2.05, 4.69) is 0 Å². The van der Waals surface area contributed by atoms with Gasteiger partial charge in [-0.3, -0.25) is 9.59 Å². The van der Waals surface area contributed by atoms with E-state index in [0.717, 1.165) is 22.3 Å². The van der Waals surface area contributed by atoms with Gasteiger partial charge in [0.2, 0.25) is 0 Å². The van der Waals surface area contributed by atoms with Crippen molar-refractivity contribution >= 4 is 34.1 Å². The van der Waals surface area contributed by atoms with Crippen molar-refractivity contribution in [3.8, 4) is 5.75 Å². The van der Waals surface area contributed by atoms with E-state index in [1.165, 1.54) is 11.8 Å². The number of ether oxygens (including phenoxy) is 2. The van der Waals surface area contributed by atoms with Gasteiger partial charge >= 0.3 is 5.97 Å². The van der Waals surface area contributed by atoms with Crippen LogP contribution in [0, 0.1) is 6.92 Å². The molecule has 0 spiro atoms. The molecule has 30 heavy (non-hydrogen) atoms. The van der Waals surface area contributed by atoms with Gasteiger partial charge in [-0.05, 0) is 66.8 Å². The van der Waals surface area contributed by atoms with Crippen LogP contribution in [0.5, 0.6) is 5.75 Å². The quantitative estimate of drug-likeness (QED) is 0.395. The van der Waals surface area contributed by atoms with E-state index < -0.39 is 0 Å². The van der Waals surface area contributed by atoms with Gasteiger partial charge in [0.15, 0.2) is 5.58 Å². The molecule has 1 heterocycles. The van der Waals surface area contributed by atoms with Crippen molar-refractivity contribution in [1.82, 2.24) is 4.74 Å². The Hall–Kier alpha value is -2.99. The molecule has 0 fully saturated rings. The average molecular weight is 430 g/mol. The van der Waals surface area contributed by atoms with E-state index in [0.29, 0.717) is 41.0 Å². The lowest BCUT2D eigenvalue weighted by Gasteiger charge is -2.14. The molecule has 0 radical (unpaired) electrons. The number of esters is 1. The number of methoxy groups -OCH3 is 2. The molecule has 2 aromatic carbocycles. The number of allylic oxidation sites excluding steroid dienone is 1. The van der Waals surface area contributed by atoms with Gasteiger partial charge in [-0.2, -0.15) is 4.74 Å². The van der Waals surface area contributed by atoms with E-state index in [-0.39, 0.29) is 11.5 Å². The average Bonchev–Trinajstić information content (AvgIpc) is 3.02. The Labute approximate surface area is 179 Å². The Morgan fingerprint density at radius 1 is 1.23 bits per heavy atom. The number of rotatable bonds is 7. The van der Waals surface area contributed by atoms with E-state index in [1.54, 1.807) is 20.2 Å². The second-order valence-electron chi connectivity index (χ2n) is 6.99. The third-order valence-corrected chi connectivity index (χ3v) is 5.18. The van der Waals surface area contributed by atoms with Gasteiger partial charge in [0.25, 0.3) is 5.56 Å². The molecule has 158 valence electrons. The molecule has 0 aliphatic carbocycles. The number of nitrogens with zero attached hydrogens (tertiary/aromatic N) is 1. The lowest BCUT2D eigenvalue weighted by atomic mass is 9.93. The number of halogens is 1. The molecule has 6 nitrogen and oxygen atoms in total. The number of hydrogen-bond donors (Lipinski definition) is 0. The SMILES string of the molecule is COC(=O)CCCC=C(c1cc(C)c2on(C)c(=O)c2c1)c1cc(Cl)ccc1OC. The van der Waals surface area contributed by atoms with Crippen molar-refractivity contribution < 1.29 is 18.8 Å². The van der Waals surface area contributed by atoms with Crippen LogP contribution in [0.2, 0.25) is 5.02 Å². The van der Waals surface area contributed by atoms with Crippen molar-refractivity contribution in [1.29, 1.82) is 0 Å². The fraction of sp³-hybridized carbons (Fsp3) is 0.304. The first-order chi connectivity index (χ1) is 14.3. The number of carbonyl (C=O) groups is 1. The topological polar surface area (TPSA) is 70.7 Å². The molecule has 0 amide bonds. The number of fused-ring (bicyclic) bond motifs is 1. The van der Waals surface area contributed by atoms with Crippen LogP contribution in [0.4, 0.5) is 0 Å². The normalized spacial score (nSPS) is 11.7. The van der Waals surface area contributed by atoms with E-state index >= 15 is 0 Å². The fourth-order valence-electron chi connectivity index (χ4n) is 3.43. The van der Waals surface area contributed by atoms with Gasteiger partial charge in [-0.15, -0.1) is 0 Å². The number of benzene rings is 2. The molecule has 1 aromatic heterocycles. The molecule has 3 aromatic rings. The third-order valence-electron chi connectivity index (χ3n) is 4.94. The maximum absolute atomic E-state index is 12.5. The van der Waals surface area contributed by atoms with Crippen LogP contribution in [0.1, 0.15) is 36.0 Å². The number of hydrogen-bond acceptors (Lipinski definition) is 5. The van der Waals surface area contributed by atoms with Crippen LogP contribution in [-0.2, 0) is 16.6 Å². The summed E-state index contributed by atoms with van der Waals surface area (Å²) in [5, 5.41) is 1.08. The summed E-state index contributed by atoms with van der Waals surface area (Å²) in [6.45, 7) is 1.90. The molecular weight excluding hydrogens is 406 g/mol. The van der Waals surface area contributed by atoms with Crippen molar-refractivity contribution in [3.05, 3.63) is 68.5 Å². The summed E-state index contributed by atoms with van der Waals surface area (Å²) in [4.78, 5) is 23.9. The van der Waals surface area contributed by atoms with Crippen molar-refractivity contribution in [2.24, 2.45) is 7.05 Å². The summed E-state index contributed by atoms with van der Waals surface area (Å²) in [7, 11) is 4.57. The van der Waals surface area contributed by atoms with Gasteiger partial charge in [-0.25, -0.2) is 0 Å². The maximum atomic E-state index is 12.5. The predicted molar refractivity (Wildman–Crippen MR) is 117 cm³/mol. The Balaban J connectivity index is 2.13. The Kier molecular flexibility index (Phi) is 6.67. The van der Waals surface area contributed by atoms with Crippen LogP contribution in [0.15, 0.2) is 45.7 Å². The van der Waals surface area contributed by atoms with Gasteiger partial charge < -0.3 is 14.0 Å². The molecule has 3 rings (SSSR count). The van der Waals surface area contributed by atoms with Crippen molar-refractivity contribution in [2.45, 2.75) is 26.2 Å². The zero-order valence-electron chi connectivity index (χ0n) is 17.5. The number of aromatic nitrogens is 1. The minimum absolute atomic E-state index is 0.196. The smallest absolute Gasteiger partial charge is 0.305 e. The predicted octanol–water partition coefficient (Wildman–Crippen LogP) is 4.88. The fourth-order valence-corrected chi connectivity index (χ4v) is 3.60. The first-order valence-electron chi connectivity index (χ1n) is 9.57. The van der Waals surface area contributed by atoms with Crippen LogP contribution in [0.3, 0.4) is 0 Å². The van der Waals surface area contributed by atoms with Crippen molar-refractivity contribution in [2.75, 3.05) is 14.2 Å². The minimum Gasteiger partial charge on any atom is -0.496 e. The highest BCUT2D eigenvalue weighted by Gasteiger charge is 2.17. The Morgan fingerprint density at radius 2 is 2.00 bits per heavy atom. The van der Waals surface area contributed by atoms with E-state index in [9.17, 15) is 9.59 Å². The highest BCUT2D eigenvalue weighted by molar-refractivity contribution is 6.30. The molecule has 0 N–H and O–H groups in total. The molecule has 0 unspecified atom stereocenters. The molecule has 0 aliphatic heterocycles. The highest BCUT2D eigenvalue weighted by Crippen LogP contribution is 2.35. The summed E-state index contributed by atoms with van der Waals surface area (Å²) in [6.07, 6.45) is 3.63. The van der Waals surface area contributed by atoms with Crippen LogP contribution >= 0.6 is 11.6 Å². The molecular formula is C23H24ClNO5. The number of unbranched alkanes of at least 4 members (excludes halogenated alkanes) is 1. The Bertz CT molecular complexity index is 1170. The summed E-state index contributed by atoms with van der Waals surface area (Å²) in [5.74, 6) is 0.418. The van der Waals surface area contributed by atoms with Crippen LogP contribution in [-0.4, -0.2) is 24.9 Å². The third kappa shape index (κ3) is 4.44. The monoisotopic (exact) mass is 429 g/mol. The summed E-state index contributed by atoms with van der Waals surface area (Å²) >= 11 is 6.27. The zero-order chi connectivity index (χ0) is 21.8. The largest absolute Gasteiger partial charge is 0.496 e.